The van der Waals surface area contributed by atoms with E-state index in [1.165, 1.54) is 0 Å². The van der Waals surface area contributed by atoms with E-state index in [0.717, 1.165) is 26.2 Å². The van der Waals surface area contributed by atoms with Crippen LogP contribution in [0.1, 0.15) is 27.7 Å². The van der Waals surface area contributed by atoms with E-state index in [9.17, 15) is 0 Å². The Morgan fingerprint density at radius 3 is 1.00 bits per heavy atom. The molecule has 0 amide bonds. The lowest BCUT2D eigenvalue weighted by Crippen LogP contribution is -2.35. The zero-order chi connectivity index (χ0) is 17.6. The van der Waals surface area contributed by atoms with Crippen molar-refractivity contribution in [3.05, 3.63) is 0 Å². The number of hydrogen-bond donors (Lipinski definition) is 6. The molecule has 0 saturated heterocycles. The van der Waals surface area contributed by atoms with Crippen LogP contribution in [0.15, 0.2) is 0 Å². The minimum atomic E-state index is -4.67. The highest BCUT2D eigenvalue weighted by Crippen LogP contribution is 1.81. The molecule has 0 aliphatic carbocycles. The number of nitrogens with two attached hydrogens (primary N) is 2. The summed E-state index contributed by atoms with van der Waals surface area (Å²) in [6.45, 7) is 11.2. The summed E-state index contributed by atoms with van der Waals surface area (Å²) < 4.78 is 31.6. The van der Waals surface area contributed by atoms with Crippen molar-refractivity contribution >= 4 is 22.3 Å². The van der Waals surface area contributed by atoms with Crippen LogP contribution < -0.4 is 11.5 Å². The second-order valence-electron chi connectivity index (χ2n) is 3.56. The van der Waals surface area contributed by atoms with E-state index < -0.39 is 10.4 Å². The van der Waals surface area contributed by atoms with E-state index in [0.29, 0.717) is 0 Å². The lowest BCUT2D eigenvalue weighted by molar-refractivity contribution is 0.381. The standard InChI is InChI=1S/2C5H13N3.H2O4S/c2*1-3-8(4-2)5(6)7;1-5(2,3)4/h2*3-4H2,1-2H3,(H3,6,7);(H2,1,2,3,4). The van der Waals surface area contributed by atoms with Gasteiger partial charge < -0.3 is 21.3 Å². The molecule has 11 heteroatoms. The highest BCUT2D eigenvalue weighted by atomic mass is 32.3. The Morgan fingerprint density at radius 2 is 1.00 bits per heavy atom. The van der Waals surface area contributed by atoms with Crippen molar-refractivity contribution in [1.29, 1.82) is 10.8 Å². The first kappa shape index (κ1) is 24.4. The molecule has 0 aromatic rings. The molecule has 128 valence electrons. The van der Waals surface area contributed by atoms with Crippen molar-refractivity contribution in [1.82, 2.24) is 9.80 Å². The van der Waals surface area contributed by atoms with Crippen molar-refractivity contribution in [2.75, 3.05) is 26.2 Å². The maximum atomic E-state index is 8.74. The van der Waals surface area contributed by atoms with Gasteiger partial charge in [0.25, 0.3) is 0 Å². The second kappa shape index (κ2) is 13.4. The summed E-state index contributed by atoms with van der Waals surface area (Å²) in [5, 5.41) is 13.9. The van der Waals surface area contributed by atoms with Gasteiger partial charge in [-0.15, -0.1) is 0 Å². The molecule has 0 radical (unpaired) electrons. The molecule has 21 heavy (non-hydrogen) atoms. The Morgan fingerprint density at radius 1 is 0.857 bits per heavy atom. The third kappa shape index (κ3) is 23.9. The molecule has 0 aliphatic rings. The molecule has 0 atom stereocenters. The van der Waals surface area contributed by atoms with Crippen LogP contribution in [0.3, 0.4) is 0 Å². The fraction of sp³-hybridized carbons (Fsp3) is 0.800. The molecule has 0 bridgehead atoms. The first-order chi connectivity index (χ1) is 9.44. The van der Waals surface area contributed by atoms with Crippen molar-refractivity contribution in [2.24, 2.45) is 11.5 Å². The molecule has 8 N–H and O–H groups in total. The van der Waals surface area contributed by atoms with Gasteiger partial charge in [-0.1, -0.05) is 0 Å². The zero-order valence-electron chi connectivity index (χ0n) is 13.0. The van der Waals surface area contributed by atoms with Gasteiger partial charge in [0.2, 0.25) is 0 Å². The average Bonchev–Trinajstić information content (AvgIpc) is 2.29. The monoisotopic (exact) mass is 328 g/mol. The smallest absolute Gasteiger partial charge is 0.370 e. The van der Waals surface area contributed by atoms with Gasteiger partial charge in [-0.2, -0.15) is 8.42 Å². The Bertz CT molecular complexity index is 349. The predicted molar refractivity (Wildman–Crippen MR) is 83.8 cm³/mol. The zero-order valence-corrected chi connectivity index (χ0v) is 13.8. The topological polar surface area (TPSA) is 181 Å². The van der Waals surface area contributed by atoms with Crippen LogP contribution in [0.5, 0.6) is 0 Å². The Hall–Kier alpha value is -1.59. The maximum Gasteiger partial charge on any atom is 0.394 e. The Labute approximate surface area is 126 Å². The highest BCUT2D eigenvalue weighted by Gasteiger charge is 1.96. The van der Waals surface area contributed by atoms with Crippen molar-refractivity contribution < 1.29 is 17.5 Å². The van der Waals surface area contributed by atoms with Crippen molar-refractivity contribution in [2.45, 2.75) is 27.7 Å². The number of nitrogens with one attached hydrogen (secondary N) is 2. The molecule has 0 saturated carbocycles. The first-order valence-electron chi connectivity index (χ1n) is 6.32. The van der Waals surface area contributed by atoms with Gasteiger partial charge >= 0.3 is 10.4 Å². The van der Waals surface area contributed by atoms with Gasteiger partial charge in [0.05, 0.1) is 0 Å². The second-order valence-corrected chi connectivity index (χ2v) is 4.46. The van der Waals surface area contributed by atoms with Crippen LogP contribution in [0.2, 0.25) is 0 Å². The maximum absolute atomic E-state index is 8.74. The Balaban J connectivity index is -0.000000239. The fourth-order valence-corrected chi connectivity index (χ4v) is 1.13. The largest absolute Gasteiger partial charge is 0.394 e. The summed E-state index contributed by atoms with van der Waals surface area (Å²) in [5.41, 5.74) is 10.3. The van der Waals surface area contributed by atoms with E-state index in [1.54, 1.807) is 9.80 Å². The van der Waals surface area contributed by atoms with Gasteiger partial charge in [0.15, 0.2) is 11.9 Å². The summed E-state index contributed by atoms with van der Waals surface area (Å²) in [5.74, 6) is 0.324. The van der Waals surface area contributed by atoms with Gasteiger partial charge in [0, 0.05) is 26.2 Å². The average molecular weight is 328 g/mol. The lowest BCUT2D eigenvalue weighted by Gasteiger charge is -2.16. The molecule has 0 fully saturated rings. The van der Waals surface area contributed by atoms with Crippen LogP contribution in [0, 0.1) is 10.8 Å². The van der Waals surface area contributed by atoms with Crippen LogP contribution >= 0.6 is 0 Å². The molecule has 10 nitrogen and oxygen atoms in total. The summed E-state index contributed by atoms with van der Waals surface area (Å²) in [7, 11) is -4.67. The molecule has 0 rings (SSSR count). The summed E-state index contributed by atoms with van der Waals surface area (Å²) in [6, 6.07) is 0. The molecule has 0 spiro atoms. The number of nitrogens with zero attached hydrogens (tertiary/aromatic N) is 2. The molecule has 0 heterocycles. The molecule has 0 aromatic carbocycles. The van der Waals surface area contributed by atoms with Gasteiger partial charge in [-0.05, 0) is 27.7 Å². The number of hydrogen-bond acceptors (Lipinski definition) is 4. The normalized spacial score (nSPS) is 9.43. The predicted octanol–water partition coefficient (Wildman–Crippen LogP) is -0.209. The van der Waals surface area contributed by atoms with Gasteiger partial charge in [-0.25, -0.2) is 0 Å². The van der Waals surface area contributed by atoms with Crippen LogP contribution in [0.4, 0.5) is 0 Å². The van der Waals surface area contributed by atoms with E-state index in [2.05, 4.69) is 0 Å². The lowest BCUT2D eigenvalue weighted by atomic mass is 10.5. The molecular formula is C10H28N6O4S. The van der Waals surface area contributed by atoms with Crippen molar-refractivity contribution in [3.63, 3.8) is 0 Å². The molecule has 0 aromatic heterocycles. The van der Waals surface area contributed by atoms with E-state index in [-0.39, 0.29) is 11.9 Å². The summed E-state index contributed by atoms with van der Waals surface area (Å²) in [6.07, 6.45) is 0. The summed E-state index contributed by atoms with van der Waals surface area (Å²) in [4.78, 5) is 3.56. The molecular weight excluding hydrogens is 300 g/mol. The molecule has 0 aliphatic heterocycles. The Kier molecular flexibility index (Phi) is 15.6. The van der Waals surface area contributed by atoms with Gasteiger partial charge in [0.1, 0.15) is 0 Å². The quantitative estimate of drug-likeness (QED) is 0.233. The SMILES string of the molecule is CCN(CC)C(=N)N.CCN(CC)C(=N)N.O=S(=O)(O)O. The number of guanidine groups is 2. The summed E-state index contributed by atoms with van der Waals surface area (Å²) >= 11 is 0. The molecule has 0 unspecified atom stereocenters. The number of rotatable bonds is 4. The van der Waals surface area contributed by atoms with E-state index in [1.807, 2.05) is 27.7 Å². The van der Waals surface area contributed by atoms with Crippen molar-refractivity contribution in [3.8, 4) is 0 Å². The first-order valence-corrected chi connectivity index (χ1v) is 7.71. The van der Waals surface area contributed by atoms with Gasteiger partial charge in [-0.3, -0.25) is 19.9 Å². The minimum absolute atomic E-state index is 0.162. The third-order valence-electron chi connectivity index (χ3n) is 2.21. The third-order valence-corrected chi connectivity index (χ3v) is 2.21. The van der Waals surface area contributed by atoms with E-state index in [4.69, 9.17) is 39.8 Å². The van der Waals surface area contributed by atoms with Crippen LogP contribution in [-0.4, -0.2) is 65.4 Å². The highest BCUT2D eigenvalue weighted by molar-refractivity contribution is 7.79. The van der Waals surface area contributed by atoms with E-state index >= 15 is 0 Å². The van der Waals surface area contributed by atoms with Crippen LogP contribution in [0.25, 0.3) is 0 Å². The fourth-order valence-electron chi connectivity index (χ4n) is 1.13. The minimum Gasteiger partial charge on any atom is -0.370 e. The van der Waals surface area contributed by atoms with Crippen LogP contribution in [-0.2, 0) is 10.4 Å².